The summed E-state index contributed by atoms with van der Waals surface area (Å²) in [5.74, 6) is 0.100. The molecule has 0 unspecified atom stereocenters. The van der Waals surface area contributed by atoms with Crippen LogP contribution in [0.4, 0.5) is 0 Å². The van der Waals surface area contributed by atoms with Gasteiger partial charge < -0.3 is 9.80 Å². The fourth-order valence-electron chi connectivity index (χ4n) is 3.25. The minimum absolute atomic E-state index is 0.00592. The number of amides is 2. The van der Waals surface area contributed by atoms with Crippen LogP contribution >= 0.6 is 11.3 Å². The second-order valence-corrected chi connectivity index (χ2v) is 8.58. The molecule has 0 aliphatic rings. The summed E-state index contributed by atoms with van der Waals surface area (Å²) in [7, 11) is 0. The predicted molar refractivity (Wildman–Crippen MR) is 121 cm³/mol. The third-order valence-electron chi connectivity index (χ3n) is 5.24. The summed E-state index contributed by atoms with van der Waals surface area (Å²) in [5.41, 5.74) is 1.10. The molecule has 1 aromatic heterocycles. The molecule has 0 saturated carbocycles. The zero-order valence-electron chi connectivity index (χ0n) is 18.0. The molecule has 1 atom stereocenters. The Balaban J connectivity index is 2.12. The topological polar surface area (TPSA) is 40.6 Å². The highest BCUT2D eigenvalue weighted by Gasteiger charge is 2.24. The third kappa shape index (κ3) is 7.65. The Hall–Kier alpha value is -2.14. The monoisotopic (exact) mass is 414 g/mol. The van der Waals surface area contributed by atoms with Gasteiger partial charge in [-0.2, -0.15) is 0 Å². The van der Waals surface area contributed by atoms with Gasteiger partial charge in [-0.1, -0.05) is 63.1 Å². The average molecular weight is 415 g/mol. The largest absolute Gasteiger partial charge is 0.332 e. The van der Waals surface area contributed by atoms with Gasteiger partial charge in [-0.15, -0.1) is 11.3 Å². The number of hydrogen-bond acceptors (Lipinski definition) is 3. The van der Waals surface area contributed by atoms with Crippen LogP contribution in [-0.2, 0) is 22.7 Å². The molecule has 0 aliphatic heterocycles. The molecule has 0 spiro atoms. The van der Waals surface area contributed by atoms with Crippen LogP contribution in [0.25, 0.3) is 0 Å². The normalized spacial score (nSPS) is 11.8. The minimum Gasteiger partial charge on any atom is -0.332 e. The second kappa shape index (κ2) is 12.4. The molecular formula is C24H34N2O2S. The van der Waals surface area contributed by atoms with Crippen molar-refractivity contribution >= 4 is 23.2 Å². The van der Waals surface area contributed by atoms with E-state index in [0.29, 0.717) is 19.5 Å². The summed E-state index contributed by atoms with van der Waals surface area (Å²) in [6.07, 6.45) is 4.39. The molecule has 0 fully saturated rings. The van der Waals surface area contributed by atoms with Gasteiger partial charge in [-0.05, 0) is 36.8 Å². The van der Waals surface area contributed by atoms with E-state index in [9.17, 15) is 9.59 Å². The number of carbonyl (C=O) groups excluding carboxylic acids is 2. The first kappa shape index (κ1) is 23.1. The van der Waals surface area contributed by atoms with Crippen LogP contribution in [0.3, 0.4) is 0 Å². The van der Waals surface area contributed by atoms with Crippen molar-refractivity contribution in [3.63, 3.8) is 0 Å². The Labute approximate surface area is 179 Å². The lowest BCUT2D eigenvalue weighted by atomic mass is 10.1. The van der Waals surface area contributed by atoms with E-state index in [1.54, 1.807) is 16.2 Å². The summed E-state index contributed by atoms with van der Waals surface area (Å²) >= 11 is 1.65. The van der Waals surface area contributed by atoms with Crippen LogP contribution in [0.1, 0.15) is 63.3 Å². The van der Waals surface area contributed by atoms with Crippen molar-refractivity contribution in [2.45, 2.75) is 72.0 Å². The van der Waals surface area contributed by atoms with E-state index < -0.39 is 0 Å². The van der Waals surface area contributed by atoms with Gasteiger partial charge in [0.1, 0.15) is 6.54 Å². The van der Waals surface area contributed by atoms with Crippen LogP contribution in [-0.4, -0.2) is 34.2 Å². The van der Waals surface area contributed by atoms with Gasteiger partial charge in [-0.25, -0.2) is 0 Å². The average Bonchev–Trinajstić information content (AvgIpc) is 3.24. The lowest BCUT2D eigenvalue weighted by Crippen LogP contribution is -2.46. The number of thiophene rings is 1. The molecule has 0 aliphatic carbocycles. The summed E-state index contributed by atoms with van der Waals surface area (Å²) in [5, 5.41) is 2.03. The van der Waals surface area contributed by atoms with Crippen LogP contribution in [0.2, 0.25) is 0 Å². The van der Waals surface area contributed by atoms with Crippen molar-refractivity contribution in [1.29, 1.82) is 0 Å². The van der Waals surface area contributed by atoms with Gasteiger partial charge in [0.2, 0.25) is 11.8 Å². The van der Waals surface area contributed by atoms with Crippen molar-refractivity contribution in [1.82, 2.24) is 9.80 Å². The molecule has 0 N–H and O–H groups in total. The molecule has 2 amide bonds. The molecule has 158 valence electrons. The number of carbonyl (C=O) groups is 2. The van der Waals surface area contributed by atoms with E-state index in [1.807, 2.05) is 53.6 Å². The number of unbranched alkanes of at least 4 members (excludes halogenated alkanes) is 2. The van der Waals surface area contributed by atoms with E-state index in [1.165, 1.54) is 0 Å². The maximum Gasteiger partial charge on any atom is 0.242 e. The molecule has 5 heteroatoms. The third-order valence-corrected chi connectivity index (χ3v) is 6.10. The Kier molecular flexibility index (Phi) is 9.92. The van der Waals surface area contributed by atoms with E-state index in [-0.39, 0.29) is 24.4 Å². The molecule has 2 aromatic rings. The highest BCUT2D eigenvalue weighted by Crippen LogP contribution is 2.17. The van der Waals surface area contributed by atoms with Gasteiger partial charge in [0.05, 0.1) is 6.54 Å². The maximum atomic E-state index is 13.3. The summed E-state index contributed by atoms with van der Waals surface area (Å²) in [6, 6.07) is 14.2. The van der Waals surface area contributed by atoms with Crippen molar-refractivity contribution in [2.75, 3.05) is 6.54 Å². The maximum absolute atomic E-state index is 13.3. The number of benzene rings is 1. The van der Waals surface area contributed by atoms with Gasteiger partial charge in [0.15, 0.2) is 0 Å². The van der Waals surface area contributed by atoms with E-state index in [0.717, 1.165) is 36.1 Å². The molecule has 2 rings (SSSR count). The summed E-state index contributed by atoms with van der Waals surface area (Å²) in [6.45, 7) is 7.50. The van der Waals surface area contributed by atoms with Crippen molar-refractivity contribution < 1.29 is 9.59 Å². The fourth-order valence-corrected chi connectivity index (χ4v) is 3.97. The highest BCUT2D eigenvalue weighted by molar-refractivity contribution is 7.09. The Morgan fingerprint density at radius 3 is 2.34 bits per heavy atom. The van der Waals surface area contributed by atoms with Crippen LogP contribution in [0.5, 0.6) is 0 Å². The standard InChI is InChI=1S/C24H34N2O2S/c1-4-6-8-15-23(27)26(20(3)5-2)19-24(28)25(18-22-14-11-16-29-22)17-21-12-9-7-10-13-21/h7,9-14,16,20H,4-6,8,15,17-19H2,1-3H3/t20-/m1/s1. The van der Waals surface area contributed by atoms with E-state index >= 15 is 0 Å². The van der Waals surface area contributed by atoms with Crippen molar-refractivity contribution in [3.05, 3.63) is 58.3 Å². The zero-order chi connectivity index (χ0) is 21.1. The van der Waals surface area contributed by atoms with Gasteiger partial charge in [0.25, 0.3) is 0 Å². The smallest absolute Gasteiger partial charge is 0.242 e. The number of rotatable bonds is 12. The molecular weight excluding hydrogens is 380 g/mol. The zero-order valence-corrected chi connectivity index (χ0v) is 18.8. The number of hydrogen-bond donors (Lipinski definition) is 0. The highest BCUT2D eigenvalue weighted by atomic mass is 32.1. The van der Waals surface area contributed by atoms with Gasteiger partial charge in [0, 0.05) is 23.9 Å². The summed E-state index contributed by atoms with van der Waals surface area (Å²) in [4.78, 5) is 30.9. The molecule has 4 nitrogen and oxygen atoms in total. The lowest BCUT2D eigenvalue weighted by molar-refractivity contribution is -0.143. The van der Waals surface area contributed by atoms with E-state index in [4.69, 9.17) is 0 Å². The molecule has 29 heavy (non-hydrogen) atoms. The summed E-state index contributed by atoms with van der Waals surface area (Å²) < 4.78 is 0. The number of nitrogens with zero attached hydrogens (tertiary/aromatic N) is 2. The fraction of sp³-hybridized carbons (Fsp3) is 0.500. The van der Waals surface area contributed by atoms with Crippen LogP contribution in [0, 0.1) is 0 Å². The lowest BCUT2D eigenvalue weighted by Gasteiger charge is -2.31. The van der Waals surface area contributed by atoms with E-state index in [2.05, 4.69) is 19.9 Å². The molecule has 1 heterocycles. The van der Waals surface area contributed by atoms with Crippen LogP contribution < -0.4 is 0 Å². The van der Waals surface area contributed by atoms with Gasteiger partial charge >= 0.3 is 0 Å². The second-order valence-electron chi connectivity index (χ2n) is 7.55. The van der Waals surface area contributed by atoms with Crippen LogP contribution in [0.15, 0.2) is 47.8 Å². The molecule has 0 radical (unpaired) electrons. The first-order chi connectivity index (χ1) is 14.0. The molecule has 0 bridgehead atoms. The quantitative estimate of drug-likeness (QED) is 0.431. The van der Waals surface area contributed by atoms with Crippen molar-refractivity contribution in [3.8, 4) is 0 Å². The van der Waals surface area contributed by atoms with Crippen molar-refractivity contribution in [2.24, 2.45) is 0 Å². The SMILES string of the molecule is CCCCCC(=O)N(CC(=O)N(Cc1ccccc1)Cc1cccs1)[C@H](C)CC. The first-order valence-electron chi connectivity index (χ1n) is 10.7. The Bertz CT molecular complexity index is 731. The van der Waals surface area contributed by atoms with Gasteiger partial charge in [-0.3, -0.25) is 9.59 Å². The Morgan fingerprint density at radius 1 is 0.966 bits per heavy atom. The first-order valence-corrected chi connectivity index (χ1v) is 11.6. The molecule has 0 saturated heterocycles. The Morgan fingerprint density at radius 2 is 1.72 bits per heavy atom. The predicted octanol–water partition coefficient (Wildman–Crippen LogP) is 5.48. The molecule has 1 aromatic carbocycles. The minimum atomic E-state index is 0.00592.